The number of anilines is 1. The number of benzene rings is 2. The maximum atomic E-state index is 12.8. The molecule has 0 spiro atoms. The van der Waals surface area contributed by atoms with E-state index in [1.807, 2.05) is 29.2 Å². The number of hydrogen-bond donors (Lipinski definition) is 1. The van der Waals surface area contributed by atoms with Crippen LogP contribution in [0.1, 0.15) is 60.5 Å². The average Bonchev–Trinajstić information content (AvgIpc) is 2.73. The summed E-state index contributed by atoms with van der Waals surface area (Å²) in [5.41, 5.74) is 3.35. The van der Waals surface area contributed by atoms with Crippen molar-refractivity contribution in [2.24, 2.45) is 0 Å². The molecule has 4 heteroatoms. The van der Waals surface area contributed by atoms with Gasteiger partial charge in [-0.25, -0.2) is 0 Å². The van der Waals surface area contributed by atoms with Crippen molar-refractivity contribution < 1.29 is 9.59 Å². The number of nitrogens with one attached hydrogen (secondary N) is 1. The van der Waals surface area contributed by atoms with E-state index in [2.05, 4.69) is 31.3 Å². The van der Waals surface area contributed by atoms with Gasteiger partial charge in [-0.15, -0.1) is 0 Å². The number of para-hydroxylation sites is 1. The number of rotatable bonds is 5. The lowest BCUT2D eigenvalue weighted by Gasteiger charge is -2.27. The summed E-state index contributed by atoms with van der Waals surface area (Å²) in [5, 5.41) is 2.86. The quantitative estimate of drug-likeness (QED) is 0.739. The smallest absolute Gasteiger partial charge is 0.255 e. The Morgan fingerprint density at radius 3 is 2.32 bits per heavy atom. The Labute approximate surface area is 167 Å². The molecule has 0 aromatic heterocycles. The van der Waals surface area contributed by atoms with Crippen molar-refractivity contribution in [3.05, 3.63) is 71.3 Å². The van der Waals surface area contributed by atoms with Gasteiger partial charge in [-0.3, -0.25) is 9.59 Å². The van der Waals surface area contributed by atoms with Crippen LogP contribution in [0, 0.1) is 0 Å². The monoisotopic (exact) mass is 376 g/mol. The zero-order chi connectivity index (χ0) is 19.9. The second kappa shape index (κ2) is 9.36. The molecule has 28 heavy (non-hydrogen) atoms. The third kappa shape index (κ3) is 5.10. The van der Waals surface area contributed by atoms with E-state index in [1.165, 1.54) is 18.1 Å². The van der Waals surface area contributed by atoms with Crippen molar-refractivity contribution in [3.63, 3.8) is 0 Å². The molecule has 0 unspecified atom stereocenters. The molecule has 2 aromatic rings. The Kier molecular flexibility index (Phi) is 6.64. The minimum Gasteiger partial charge on any atom is -0.339 e. The van der Waals surface area contributed by atoms with Crippen LogP contribution in [0.15, 0.2) is 54.6 Å². The van der Waals surface area contributed by atoms with Crippen molar-refractivity contribution in [1.29, 1.82) is 0 Å². The third-order valence-corrected chi connectivity index (χ3v) is 5.09. The standard InChI is InChI=1S/C24H28N2O2/c1-18(2)20-13-10-19(11-14-20)12-15-23(27)25-22-9-5-4-8-21(22)24(28)26-16-6-3-7-17-26/h4-5,8-15,18H,3,6-7,16-17H2,1-2H3,(H,25,27)/b15-12+. The van der Waals surface area contributed by atoms with Gasteiger partial charge in [-0.05, 0) is 54.5 Å². The summed E-state index contributed by atoms with van der Waals surface area (Å²) < 4.78 is 0. The van der Waals surface area contributed by atoms with E-state index in [9.17, 15) is 9.59 Å². The van der Waals surface area contributed by atoms with Crippen LogP contribution in [-0.4, -0.2) is 29.8 Å². The van der Waals surface area contributed by atoms with Gasteiger partial charge in [0.25, 0.3) is 5.91 Å². The summed E-state index contributed by atoms with van der Waals surface area (Å²) in [7, 11) is 0. The first kappa shape index (κ1) is 19.9. The Hall–Kier alpha value is -2.88. The predicted octanol–water partition coefficient (Wildman–Crippen LogP) is 5.09. The number of hydrogen-bond acceptors (Lipinski definition) is 2. The van der Waals surface area contributed by atoms with Crippen LogP contribution in [-0.2, 0) is 4.79 Å². The van der Waals surface area contributed by atoms with Crippen LogP contribution in [0.5, 0.6) is 0 Å². The average molecular weight is 377 g/mol. The molecule has 1 aliphatic rings. The maximum absolute atomic E-state index is 12.8. The summed E-state index contributed by atoms with van der Waals surface area (Å²) in [4.78, 5) is 27.1. The minimum atomic E-state index is -0.244. The first-order valence-corrected chi connectivity index (χ1v) is 10.0. The molecule has 1 aliphatic heterocycles. The number of amides is 2. The normalized spacial score (nSPS) is 14.5. The van der Waals surface area contributed by atoms with Gasteiger partial charge >= 0.3 is 0 Å². The van der Waals surface area contributed by atoms with E-state index in [1.54, 1.807) is 18.2 Å². The fraction of sp³-hybridized carbons (Fsp3) is 0.333. The summed E-state index contributed by atoms with van der Waals surface area (Å²) >= 11 is 0. The summed E-state index contributed by atoms with van der Waals surface area (Å²) in [6.07, 6.45) is 6.54. The third-order valence-electron chi connectivity index (χ3n) is 5.09. The lowest BCUT2D eigenvalue weighted by atomic mass is 10.0. The van der Waals surface area contributed by atoms with Gasteiger partial charge < -0.3 is 10.2 Å². The molecule has 0 saturated carbocycles. The maximum Gasteiger partial charge on any atom is 0.255 e. The molecule has 1 saturated heterocycles. The minimum absolute atomic E-state index is 0.0103. The molecule has 1 fully saturated rings. The van der Waals surface area contributed by atoms with Gasteiger partial charge in [0.2, 0.25) is 5.91 Å². The van der Waals surface area contributed by atoms with Gasteiger partial charge in [0.1, 0.15) is 0 Å². The highest BCUT2D eigenvalue weighted by molar-refractivity contribution is 6.07. The lowest BCUT2D eigenvalue weighted by molar-refractivity contribution is -0.111. The Morgan fingerprint density at radius 2 is 1.64 bits per heavy atom. The zero-order valence-corrected chi connectivity index (χ0v) is 16.7. The first-order valence-electron chi connectivity index (χ1n) is 10.0. The van der Waals surface area contributed by atoms with Crippen molar-refractivity contribution in [1.82, 2.24) is 4.90 Å². The van der Waals surface area contributed by atoms with Crippen LogP contribution in [0.4, 0.5) is 5.69 Å². The zero-order valence-electron chi connectivity index (χ0n) is 16.7. The van der Waals surface area contributed by atoms with E-state index in [0.717, 1.165) is 31.5 Å². The van der Waals surface area contributed by atoms with Gasteiger partial charge in [0.15, 0.2) is 0 Å². The Bertz CT molecular complexity index is 847. The number of piperidine rings is 1. The number of nitrogens with zero attached hydrogens (tertiary/aromatic N) is 1. The highest BCUT2D eigenvalue weighted by atomic mass is 16.2. The Balaban J connectivity index is 1.67. The number of likely N-dealkylation sites (tertiary alicyclic amines) is 1. The van der Waals surface area contributed by atoms with Crippen LogP contribution in [0.2, 0.25) is 0 Å². The highest BCUT2D eigenvalue weighted by Gasteiger charge is 2.20. The lowest BCUT2D eigenvalue weighted by Crippen LogP contribution is -2.36. The van der Waals surface area contributed by atoms with E-state index < -0.39 is 0 Å². The molecule has 146 valence electrons. The van der Waals surface area contributed by atoms with Crippen molar-refractivity contribution in [3.8, 4) is 0 Å². The molecule has 1 heterocycles. The second-order valence-corrected chi connectivity index (χ2v) is 7.54. The fourth-order valence-corrected chi connectivity index (χ4v) is 3.38. The van der Waals surface area contributed by atoms with E-state index in [4.69, 9.17) is 0 Å². The molecule has 0 bridgehead atoms. The molecular formula is C24H28N2O2. The van der Waals surface area contributed by atoms with Crippen molar-refractivity contribution in [2.75, 3.05) is 18.4 Å². The molecule has 4 nitrogen and oxygen atoms in total. The second-order valence-electron chi connectivity index (χ2n) is 7.54. The molecule has 3 rings (SSSR count). The number of carbonyl (C=O) groups excluding carboxylic acids is 2. The van der Waals surface area contributed by atoms with Crippen LogP contribution < -0.4 is 5.32 Å². The molecule has 1 N–H and O–H groups in total. The first-order chi connectivity index (χ1) is 13.5. The predicted molar refractivity (Wildman–Crippen MR) is 114 cm³/mol. The van der Waals surface area contributed by atoms with Crippen LogP contribution in [0.3, 0.4) is 0 Å². The van der Waals surface area contributed by atoms with E-state index >= 15 is 0 Å². The van der Waals surface area contributed by atoms with Crippen molar-refractivity contribution >= 4 is 23.6 Å². The van der Waals surface area contributed by atoms with Gasteiger partial charge in [0, 0.05) is 19.2 Å². The fourth-order valence-electron chi connectivity index (χ4n) is 3.38. The van der Waals surface area contributed by atoms with Gasteiger partial charge in [-0.1, -0.05) is 50.2 Å². The van der Waals surface area contributed by atoms with Crippen LogP contribution >= 0.6 is 0 Å². The van der Waals surface area contributed by atoms with E-state index in [-0.39, 0.29) is 11.8 Å². The van der Waals surface area contributed by atoms with Gasteiger partial charge in [-0.2, -0.15) is 0 Å². The molecule has 0 radical (unpaired) electrons. The topological polar surface area (TPSA) is 49.4 Å². The summed E-state index contributed by atoms with van der Waals surface area (Å²) in [5.74, 6) is 0.228. The largest absolute Gasteiger partial charge is 0.339 e. The van der Waals surface area contributed by atoms with Gasteiger partial charge in [0.05, 0.1) is 11.3 Å². The molecule has 0 aliphatic carbocycles. The molecular weight excluding hydrogens is 348 g/mol. The van der Waals surface area contributed by atoms with Crippen molar-refractivity contribution in [2.45, 2.75) is 39.0 Å². The van der Waals surface area contributed by atoms with E-state index in [0.29, 0.717) is 17.2 Å². The number of carbonyl (C=O) groups is 2. The molecule has 0 atom stereocenters. The van der Waals surface area contributed by atoms with Crippen LogP contribution in [0.25, 0.3) is 6.08 Å². The summed E-state index contributed by atoms with van der Waals surface area (Å²) in [6.45, 7) is 5.88. The summed E-state index contributed by atoms with van der Waals surface area (Å²) in [6, 6.07) is 15.4. The Morgan fingerprint density at radius 1 is 0.964 bits per heavy atom. The highest BCUT2D eigenvalue weighted by Crippen LogP contribution is 2.20. The SMILES string of the molecule is CC(C)c1ccc(/C=C/C(=O)Nc2ccccc2C(=O)N2CCCCC2)cc1. The molecule has 2 amide bonds. The molecule has 2 aromatic carbocycles.